The van der Waals surface area contributed by atoms with Crippen molar-refractivity contribution in [3.8, 4) is 11.8 Å². The lowest BCUT2D eigenvalue weighted by Gasteiger charge is -2.22. The van der Waals surface area contributed by atoms with Crippen LogP contribution in [0.2, 0.25) is 10.0 Å². The van der Waals surface area contributed by atoms with Crippen LogP contribution in [0, 0.1) is 11.3 Å². The summed E-state index contributed by atoms with van der Waals surface area (Å²) in [7, 11) is 1.26. The molecule has 0 saturated heterocycles. The molecule has 0 bridgehead atoms. The molecule has 0 aromatic heterocycles. The maximum atomic E-state index is 12.5. The van der Waals surface area contributed by atoms with E-state index in [-0.39, 0.29) is 29.3 Å². The second-order valence-corrected chi connectivity index (χ2v) is 7.57. The highest BCUT2D eigenvalue weighted by atomic mass is 35.5. The molecule has 2 aromatic rings. The van der Waals surface area contributed by atoms with Gasteiger partial charge in [0.25, 0.3) is 5.91 Å². The molecule has 3 rings (SSSR count). The van der Waals surface area contributed by atoms with E-state index in [4.69, 9.17) is 37.9 Å². The number of nitrogens with one attached hydrogen (secondary N) is 2. The Morgan fingerprint density at radius 2 is 1.93 bits per heavy atom. The number of rotatable bonds is 8. The van der Waals surface area contributed by atoms with Crippen LogP contribution in [0.25, 0.3) is 0 Å². The molecule has 0 radical (unpaired) electrons. The molecule has 1 fully saturated rings. The number of ether oxygens (including phenoxy) is 2. The standard InChI is InChI=1S/C21H19Cl2N3O4/c1-29-21(28)19(26-15-4-2-12(10-24)3-5-15)16-8-13(22)9-17(23)20(16)30-11-18(27)25-14-6-7-14/h2-5,8-9,14,19,26H,6-7,11H2,1H3,(H,25,27). The molecule has 30 heavy (non-hydrogen) atoms. The number of carbonyl (C=O) groups is 2. The van der Waals surface area contributed by atoms with Crippen molar-refractivity contribution in [3.63, 3.8) is 0 Å². The fourth-order valence-electron chi connectivity index (χ4n) is 2.77. The van der Waals surface area contributed by atoms with Gasteiger partial charge in [-0.2, -0.15) is 5.26 Å². The first kappa shape index (κ1) is 21.8. The first-order valence-corrected chi connectivity index (χ1v) is 9.92. The molecule has 0 spiro atoms. The van der Waals surface area contributed by atoms with Crippen LogP contribution in [0.1, 0.15) is 30.0 Å². The van der Waals surface area contributed by atoms with Gasteiger partial charge in [0.2, 0.25) is 0 Å². The summed E-state index contributed by atoms with van der Waals surface area (Å²) >= 11 is 12.5. The number of nitrogens with zero attached hydrogens (tertiary/aromatic N) is 1. The van der Waals surface area contributed by atoms with Crippen molar-refractivity contribution in [3.05, 3.63) is 57.6 Å². The SMILES string of the molecule is COC(=O)C(Nc1ccc(C#N)cc1)c1cc(Cl)cc(Cl)c1OCC(=O)NC1CC1. The minimum Gasteiger partial charge on any atom is -0.482 e. The van der Waals surface area contributed by atoms with Crippen molar-refractivity contribution in [2.45, 2.75) is 24.9 Å². The zero-order chi connectivity index (χ0) is 21.7. The molecule has 1 saturated carbocycles. The molecule has 2 aromatic carbocycles. The summed E-state index contributed by atoms with van der Waals surface area (Å²) in [5, 5.41) is 15.3. The number of esters is 1. The van der Waals surface area contributed by atoms with Crippen LogP contribution in [0.15, 0.2) is 36.4 Å². The fourth-order valence-corrected chi connectivity index (χ4v) is 3.33. The molecule has 2 N–H and O–H groups in total. The minimum absolute atomic E-state index is 0.156. The van der Waals surface area contributed by atoms with Gasteiger partial charge < -0.3 is 20.1 Å². The molecule has 0 heterocycles. The lowest BCUT2D eigenvalue weighted by atomic mass is 10.0. The Balaban J connectivity index is 1.89. The highest BCUT2D eigenvalue weighted by molar-refractivity contribution is 6.35. The molecular weight excluding hydrogens is 429 g/mol. The number of amides is 1. The number of benzene rings is 2. The number of anilines is 1. The van der Waals surface area contributed by atoms with E-state index >= 15 is 0 Å². The number of methoxy groups -OCH3 is 1. The second-order valence-electron chi connectivity index (χ2n) is 6.73. The Labute approximate surface area is 183 Å². The summed E-state index contributed by atoms with van der Waals surface area (Å²) in [4.78, 5) is 24.6. The van der Waals surface area contributed by atoms with E-state index in [2.05, 4.69) is 10.6 Å². The van der Waals surface area contributed by atoms with Gasteiger partial charge in [0.15, 0.2) is 12.6 Å². The Bertz CT molecular complexity index is 985. The van der Waals surface area contributed by atoms with Crippen LogP contribution in [0.3, 0.4) is 0 Å². The summed E-state index contributed by atoms with van der Waals surface area (Å²) in [6.07, 6.45) is 1.91. The van der Waals surface area contributed by atoms with Gasteiger partial charge in [-0.3, -0.25) is 4.79 Å². The maximum Gasteiger partial charge on any atom is 0.333 e. The van der Waals surface area contributed by atoms with Crippen molar-refractivity contribution in [2.75, 3.05) is 19.0 Å². The van der Waals surface area contributed by atoms with Gasteiger partial charge in [-0.15, -0.1) is 0 Å². The third-order valence-electron chi connectivity index (χ3n) is 4.40. The quantitative estimate of drug-likeness (QED) is 0.596. The van der Waals surface area contributed by atoms with Gasteiger partial charge in [-0.1, -0.05) is 23.2 Å². The first-order chi connectivity index (χ1) is 14.4. The molecular formula is C21H19Cl2N3O4. The third-order valence-corrected chi connectivity index (χ3v) is 4.90. The molecule has 1 atom stereocenters. The normalized spacial score (nSPS) is 13.7. The van der Waals surface area contributed by atoms with Crippen molar-refractivity contribution in [1.82, 2.24) is 5.32 Å². The fraction of sp³-hybridized carbons (Fsp3) is 0.286. The smallest absolute Gasteiger partial charge is 0.333 e. The van der Waals surface area contributed by atoms with Crippen molar-refractivity contribution in [1.29, 1.82) is 5.26 Å². The molecule has 1 aliphatic rings. The zero-order valence-corrected chi connectivity index (χ0v) is 17.6. The van der Waals surface area contributed by atoms with Crippen LogP contribution in [-0.2, 0) is 14.3 Å². The second kappa shape index (κ2) is 9.70. The lowest BCUT2D eigenvalue weighted by molar-refractivity contribution is -0.141. The topological polar surface area (TPSA) is 100 Å². The van der Waals surface area contributed by atoms with Gasteiger partial charge in [0.1, 0.15) is 5.75 Å². The van der Waals surface area contributed by atoms with E-state index in [1.165, 1.54) is 19.2 Å². The van der Waals surface area contributed by atoms with E-state index in [1.807, 2.05) is 6.07 Å². The molecule has 7 nitrogen and oxygen atoms in total. The number of hydrogen-bond donors (Lipinski definition) is 2. The van der Waals surface area contributed by atoms with E-state index in [1.54, 1.807) is 24.3 Å². The van der Waals surface area contributed by atoms with Crippen LogP contribution >= 0.6 is 23.2 Å². The number of halogens is 2. The van der Waals surface area contributed by atoms with Crippen LogP contribution in [0.4, 0.5) is 5.69 Å². The summed E-state index contributed by atoms with van der Waals surface area (Å²) in [5.41, 5.74) is 1.37. The largest absolute Gasteiger partial charge is 0.482 e. The molecule has 9 heteroatoms. The van der Waals surface area contributed by atoms with Gasteiger partial charge in [-0.05, 0) is 49.2 Å². The maximum absolute atomic E-state index is 12.5. The number of carbonyl (C=O) groups excluding carboxylic acids is 2. The van der Waals surface area contributed by atoms with Gasteiger partial charge in [0.05, 0.1) is 23.8 Å². The van der Waals surface area contributed by atoms with Crippen molar-refractivity contribution in [2.24, 2.45) is 0 Å². The number of nitriles is 1. The Hall–Kier alpha value is -2.95. The first-order valence-electron chi connectivity index (χ1n) is 9.17. The highest BCUT2D eigenvalue weighted by Gasteiger charge is 2.28. The van der Waals surface area contributed by atoms with Crippen molar-refractivity contribution >= 4 is 40.8 Å². The average Bonchev–Trinajstić information content (AvgIpc) is 3.54. The van der Waals surface area contributed by atoms with Gasteiger partial charge in [-0.25, -0.2) is 4.79 Å². The Kier molecular flexibility index (Phi) is 7.03. The van der Waals surface area contributed by atoms with E-state index in [9.17, 15) is 9.59 Å². The van der Waals surface area contributed by atoms with Crippen LogP contribution in [0.5, 0.6) is 5.75 Å². The van der Waals surface area contributed by atoms with E-state index in [0.29, 0.717) is 21.8 Å². The summed E-state index contributed by atoms with van der Waals surface area (Å²) in [6.45, 7) is -0.254. The predicted octanol–water partition coefficient (Wildman–Crippen LogP) is 3.85. The Morgan fingerprint density at radius 1 is 1.23 bits per heavy atom. The predicted molar refractivity (Wildman–Crippen MR) is 113 cm³/mol. The van der Waals surface area contributed by atoms with E-state index < -0.39 is 12.0 Å². The molecule has 156 valence electrons. The molecule has 1 aliphatic carbocycles. The average molecular weight is 448 g/mol. The Morgan fingerprint density at radius 3 is 2.53 bits per heavy atom. The zero-order valence-electron chi connectivity index (χ0n) is 16.1. The van der Waals surface area contributed by atoms with Gasteiger partial charge in [0, 0.05) is 22.3 Å². The van der Waals surface area contributed by atoms with Crippen LogP contribution < -0.4 is 15.4 Å². The minimum atomic E-state index is -1.01. The van der Waals surface area contributed by atoms with E-state index in [0.717, 1.165) is 12.8 Å². The van der Waals surface area contributed by atoms with Crippen LogP contribution in [-0.4, -0.2) is 31.6 Å². The monoisotopic (exact) mass is 447 g/mol. The highest BCUT2D eigenvalue weighted by Crippen LogP contribution is 2.38. The summed E-state index contributed by atoms with van der Waals surface area (Å²) in [5.74, 6) is -0.724. The lowest BCUT2D eigenvalue weighted by Crippen LogP contribution is -2.31. The molecule has 0 aliphatic heterocycles. The summed E-state index contributed by atoms with van der Waals surface area (Å²) in [6, 6.07) is 10.7. The van der Waals surface area contributed by atoms with Crippen molar-refractivity contribution < 1.29 is 19.1 Å². The molecule has 1 unspecified atom stereocenters. The van der Waals surface area contributed by atoms with Gasteiger partial charge >= 0.3 is 5.97 Å². The molecule has 1 amide bonds. The summed E-state index contributed by atoms with van der Waals surface area (Å²) < 4.78 is 10.6. The third kappa shape index (κ3) is 5.56. The number of hydrogen-bond acceptors (Lipinski definition) is 6.